The third-order valence-corrected chi connectivity index (χ3v) is 14.3. The molecule has 0 saturated carbocycles. The number of carbonyl (C=O) groups excluding carboxylic acids is 2. The number of unbranched alkanes of at least 4 members (excludes halogenated alkanes) is 41. The predicted octanol–water partition coefficient (Wildman–Crippen LogP) is 19.7. The van der Waals surface area contributed by atoms with Gasteiger partial charge in [-0.1, -0.05) is 274 Å². The fourth-order valence-electron chi connectivity index (χ4n) is 9.48. The first-order valence-corrected chi connectivity index (χ1v) is 31.4. The van der Waals surface area contributed by atoms with E-state index in [0.717, 1.165) is 51.4 Å². The summed E-state index contributed by atoms with van der Waals surface area (Å²) in [5.74, 6) is -0.0743. The molecule has 0 fully saturated rings. The molecule has 71 heavy (non-hydrogen) atoms. The Hall–Kier alpha value is -2.18. The molecule has 0 aliphatic rings. The van der Waals surface area contributed by atoms with Gasteiger partial charge in [0.05, 0.1) is 25.4 Å². The van der Waals surface area contributed by atoms with Gasteiger partial charge in [0.1, 0.15) is 0 Å². The minimum absolute atomic E-state index is 0.00228. The first kappa shape index (κ1) is 68.8. The maximum atomic E-state index is 12.5. The summed E-state index contributed by atoms with van der Waals surface area (Å²) in [6, 6.07) is -0.632. The molecule has 416 valence electrons. The van der Waals surface area contributed by atoms with Gasteiger partial charge >= 0.3 is 5.97 Å². The number of ether oxygens (including phenoxy) is 1. The van der Waals surface area contributed by atoms with Crippen LogP contribution >= 0.6 is 0 Å². The van der Waals surface area contributed by atoms with Crippen molar-refractivity contribution in [2.75, 3.05) is 13.2 Å². The zero-order valence-corrected chi connectivity index (χ0v) is 47.5. The molecule has 0 bridgehead atoms. The van der Waals surface area contributed by atoms with Crippen LogP contribution in [0.1, 0.15) is 328 Å². The summed E-state index contributed by atoms with van der Waals surface area (Å²) in [6.07, 6.45) is 77.2. The maximum Gasteiger partial charge on any atom is 0.305 e. The van der Waals surface area contributed by atoms with E-state index in [1.807, 2.05) is 6.08 Å². The highest BCUT2D eigenvalue weighted by Gasteiger charge is 2.18. The Labute approximate surface area is 442 Å². The molecule has 6 heteroatoms. The van der Waals surface area contributed by atoms with Gasteiger partial charge in [0.15, 0.2) is 0 Å². The lowest BCUT2D eigenvalue weighted by atomic mass is 10.0. The highest BCUT2D eigenvalue weighted by molar-refractivity contribution is 5.76. The summed E-state index contributed by atoms with van der Waals surface area (Å²) in [6.45, 7) is 4.88. The number of hydrogen-bond acceptors (Lipinski definition) is 5. The van der Waals surface area contributed by atoms with Gasteiger partial charge in [-0.3, -0.25) is 9.59 Å². The van der Waals surface area contributed by atoms with Crippen molar-refractivity contribution in [3.8, 4) is 0 Å². The third-order valence-electron chi connectivity index (χ3n) is 14.3. The molecule has 6 nitrogen and oxygen atoms in total. The third kappa shape index (κ3) is 57.0. The molecule has 0 radical (unpaired) electrons. The number of hydrogen-bond donors (Lipinski definition) is 3. The largest absolute Gasteiger partial charge is 0.466 e. The Bertz CT molecular complexity index is 1190. The van der Waals surface area contributed by atoms with Crippen molar-refractivity contribution in [2.24, 2.45) is 0 Å². The number of nitrogens with one attached hydrogen (secondary N) is 1. The SMILES string of the molecule is CCCCC/C=C\C/C=C\CCCCCCCC(=O)OCCCCCCCCCCCCCC/C=C\CCCCCCCCCCC(=O)NC(CO)C(O)/C=C/CCCCCCCCCCCCCCC. The van der Waals surface area contributed by atoms with Crippen LogP contribution in [-0.4, -0.2) is 47.4 Å². The zero-order chi connectivity index (χ0) is 51.4. The van der Waals surface area contributed by atoms with Gasteiger partial charge in [-0.2, -0.15) is 0 Å². The molecule has 2 unspecified atom stereocenters. The van der Waals surface area contributed by atoms with E-state index in [1.54, 1.807) is 6.08 Å². The quantitative estimate of drug-likeness (QED) is 0.0321. The van der Waals surface area contributed by atoms with Crippen LogP contribution in [0.3, 0.4) is 0 Å². The molecule has 0 aliphatic heterocycles. The fraction of sp³-hybridized carbons (Fsp3) is 0.846. The first-order chi connectivity index (χ1) is 35.0. The summed E-state index contributed by atoms with van der Waals surface area (Å²) in [5, 5.41) is 23.1. The molecule has 0 rings (SSSR count). The second-order valence-electron chi connectivity index (χ2n) is 21.4. The lowest BCUT2D eigenvalue weighted by Crippen LogP contribution is -2.45. The second-order valence-corrected chi connectivity index (χ2v) is 21.4. The molecule has 0 aromatic rings. The van der Waals surface area contributed by atoms with E-state index in [9.17, 15) is 19.8 Å². The Morgan fingerprint density at radius 3 is 1.11 bits per heavy atom. The lowest BCUT2D eigenvalue weighted by molar-refractivity contribution is -0.143. The van der Waals surface area contributed by atoms with E-state index in [4.69, 9.17) is 4.74 Å². The van der Waals surface area contributed by atoms with Gasteiger partial charge in [0.2, 0.25) is 5.91 Å². The number of rotatable bonds is 58. The Balaban J connectivity index is 3.43. The Morgan fingerprint density at radius 1 is 0.394 bits per heavy atom. The van der Waals surface area contributed by atoms with Crippen molar-refractivity contribution in [2.45, 2.75) is 341 Å². The molecule has 0 saturated heterocycles. The lowest BCUT2D eigenvalue weighted by Gasteiger charge is -2.20. The monoisotopic (exact) mass is 996 g/mol. The van der Waals surface area contributed by atoms with Gasteiger partial charge in [-0.05, 0) is 89.9 Å². The van der Waals surface area contributed by atoms with Crippen molar-refractivity contribution in [1.82, 2.24) is 5.32 Å². The molecule has 2 atom stereocenters. The van der Waals surface area contributed by atoms with Gasteiger partial charge < -0.3 is 20.3 Å². The fourth-order valence-corrected chi connectivity index (χ4v) is 9.48. The topological polar surface area (TPSA) is 95.9 Å². The van der Waals surface area contributed by atoms with Crippen LogP contribution in [-0.2, 0) is 14.3 Å². The molecular weight excluding hydrogens is 875 g/mol. The summed E-state index contributed by atoms with van der Waals surface area (Å²) in [7, 11) is 0. The smallest absolute Gasteiger partial charge is 0.305 e. The molecule has 0 aromatic carbocycles. The van der Waals surface area contributed by atoms with Gasteiger partial charge in [0.25, 0.3) is 0 Å². The first-order valence-electron chi connectivity index (χ1n) is 31.4. The van der Waals surface area contributed by atoms with Crippen LogP contribution in [0.25, 0.3) is 0 Å². The van der Waals surface area contributed by atoms with E-state index in [2.05, 4.69) is 55.6 Å². The molecule has 3 N–H and O–H groups in total. The van der Waals surface area contributed by atoms with Crippen molar-refractivity contribution < 1.29 is 24.5 Å². The number of amides is 1. The van der Waals surface area contributed by atoms with Crippen LogP contribution in [0.5, 0.6) is 0 Å². The van der Waals surface area contributed by atoms with E-state index >= 15 is 0 Å². The number of aliphatic hydroxyl groups excluding tert-OH is 2. The minimum atomic E-state index is -0.848. The number of aliphatic hydroxyl groups is 2. The standard InChI is InChI=1S/C65H121NO5/c1-3-5-7-9-11-13-15-17-29-33-37-41-45-49-53-57-63(68)62(61-67)66-64(69)58-54-50-46-42-38-34-31-27-25-23-21-19-20-22-24-26-28-32-36-40-44-48-52-56-60-71-65(70)59-55-51-47-43-39-35-30-18-16-14-12-10-8-6-4-2/h12,14,18,21,23,30,53,57,62-63,67-68H,3-11,13,15-17,19-20,22,24-29,31-52,54-56,58-61H2,1-2H3,(H,66,69)/b14-12-,23-21-,30-18-,57-53+. The van der Waals surface area contributed by atoms with Gasteiger partial charge in [-0.15, -0.1) is 0 Å². The molecule has 0 aliphatic carbocycles. The number of carbonyl (C=O) groups is 2. The second kappa shape index (κ2) is 60.4. The average Bonchev–Trinajstić information content (AvgIpc) is 3.37. The van der Waals surface area contributed by atoms with Crippen LogP contribution in [0, 0.1) is 0 Å². The molecule has 1 amide bonds. The van der Waals surface area contributed by atoms with E-state index in [0.29, 0.717) is 19.4 Å². The van der Waals surface area contributed by atoms with Crippen molar-refractivity contribution in [3.63, 3.8) is 0 Å². The maximum absolute atomic E-state index is 12.5. The van der Waals surface area contributed by atoms with Crippen LogP contribution in [0.4, 0.5) is 0 Å². The highest BCUT2D eigenvalue weighted by Crippen LogP contribution is 2.17. The molecular formula is C65H121NO5. The normalized spacial score (nSPS) is 12.9. The van der Waals surface area contributed by atoms with Crippen LogP contribution in [0.2, 0.25) is 0 Å². The molecule has 0 aromatic heterocycles. The van der Waals surface area contributed by atoms with E-state index in [1.165, 1.54) is 250 Å². The highest BCUT2D eigenvalue weighted by atomic mass is 16.5. The summed E-state index contributed by atoms with van der Waals surface area (Å²) >= 11 is 0. The van der Waals surface area contributed by atoms with Crippen LogP contribution in [0.15, 0.2) is 48.6 Å². The summed E-state index contributed by atoms with van der Waals surface area (Å²) < 4.78 is 5.48. The van der Waals surface area contributed by atoms with Crippen LogP contribution < -0.4 is 5.32 Å². The number of esters is 1. The summed E-state index contributed by atoms with van der Waals surface area (Å²) in [4.78, 5) is 24.5. The predicted molar refractivity (Wildman–Crippen MR) is 310 cm³/mol. The number of allylic oxidation sites excluding steroid dienone is 7. The van der Waals surface area contributed by atoms with E-state index in [-0.39, 0.29) is 18.5 Å². The Morgan fingerprint density at radius 2 is 0.704 bits per heavy atom. The zero-order valence-electron chi connectivity index (χ0n) is 47.5. The van der Waals surface area contributed by atoms with Crippen molar-refractivity contribution in [3.05, 3.63) is 48.6 Å². The molecule has 0 heterocycles. The van der Waals surface area contributed by atoms with Crippen molar-refractivity contribution >= 4 is 11.9 Å². The van der Waals surface area contributed by atoms with E-state index < -0.39 is 12.1 Å². The van der Waals surface area contributed by atoms with Gasteiger partial charge in [-0.25, -0.2) is 0 Å². The Kier molecular flexibility index (Phi) is 58.5. The van der Waals surface area contributed by atoms with Gasteiger partial charge in [0, 0.05) is 12.8 Å². The van der Waals surface area contributed by atoms with Crippen molar-refractivity contribution in [1.29, 1.82) is 0 Å². The minimum Gasteiger partial charge on any atom is -0.466 e. The summed E-state index contributed by atoms with van der Waals surface area (Å²) in [5.41, 5.74) is 0. The molecule has 0 spiro atoms. The average molecular weight is 997 g/mol.